The summed E-state index contributed by atoms with van der Waals surface area (Å²) >= 11 is 0. The highest BCUT2D eigenvalue weighted by atomic mass is 16.2. The summed E-state index contributed by atoms with van der Waals surface area (Å²) in [6.45, 7) is 4.96. The minimum atomic E-state index is 0.0215. The number of hydrogen-bond acceptors (Lipinski definition) is 4. The summed E-state index contributed by atoms with van der Waals surface area (Å²) in [5.74, 6) is 0.522. The molecular formula is C20H27N5O. The van der Waals surface area contributed by atoms with E-state index >= 15 is 0 Å². The van der Waals surface area contributed by atoms with Crippen molar-refractivity contribution in [3.63, 3.8) is 0 Å². The van der Waals surface area contributed by atoms with E-state index in [0.29, 0.717) is 17.7 Å². The predicted octanol–water partition coefficient (Wildman–Crippen LogP) is 2.30. The summed E-state index contributed by atoms with van der Waals surface area (Å²) in [6, 6.07) is 11.1. The summed E-state index contributed by atoms with van der Waals surface area (Å²) in [6.07, 6.45) is 5.99. The highest BCUT2D eigenvalue weighted by molar-refractivity contribution is 5.92. The molecule has 0 spiro atoms. The molecular weight excluding hydrogens is 326 g/mol. The third-order valence-corrected chi connectivity index (χ3v) is 5.93. The SMILES string of the molecule is CC1C(Cc2ccccc2)CCN1C(=O)c1cn(C2CCNCC2)nn1. The van der Waals surface area contributed by atoms with Crippen LogP contribution in [-0.2, 0) is 6.42 Å². The molecule has 1 N–H and O–H groups in total. The van der Waals surface area contributed by atoms with Gasteiger partial charge in [0.2, 0.25) is 0 Å². The van der Waals surface area contributed by atoms with Crippen molar-refractivity contribution in [3.05, 3.63) is 47.8 Å². The maximum atomic E-state index is 12.9. The molecule has 1 aromatic heterocycles. The number of rotatable bonds is 4. The first kappa shape index (κ1) is 17.2. The average molecular weight is 353 g/mol. The lowest BCUT2D eigenvalue weighted by Gasteiger charge is -2.24. The molecule has 0 radical (unpaired) electrons. The number of piperidine rings is 1. The van der Waals surface area contributed by atoms with Crippen LogP contribution in [0.15, 0.2) is 36.5 Å². The zero-order valence-corrected chi connectivity index (χ0v) is 15.3. The van der Waals surface area contributed by atoms with Gasteiger partial charge >= 0.3 is 0 Å². The van der Waals surface area contributed by atoms with Gasteiger partial charge in [-0.1, -0.05) is 35.5 Å². The molecule has 1 amide bonds. The van der Waals surface area contributed by atoms with Crippen LogP contribution in [-0.4, -0.2) is 51.5 Å². The largest absolute Gasteiger partial charge is 0.334 e. The summed E-state index contributed by atoms with van der Waals surface area (Å²) in [5.41, 5.74) is 1.83. The van der Waals surface area contributed by atoms with E-state index in [-0.39, 0.29) is 11.9 Å². The van der Waals surface area contributed by atoms with E-state index in [0.717, 1.165) is 45.3 Å². The molecule has 6 nitrogen and oxygen atoms in total. The molecule has 4 rings (SSSR count). The topological polar surface area (TPSA) is 63.1 Å². The number of amides is 1. The second kappa shape index (κ2) is 7.58. The van der Waals surface area contributed by atoms with Crippen LogP contribution in [0.2, 0.25) is 0 Å². The number of carbonyl (C=O) groups excluding carboxylic acids is 1. The lowest BCUT2D eigenvalue weighted by molar-refractivity contribution is 0.0726. The van der Waals surface area contributed by atoms with Crippen LogP contribution in [0.1, 0.15) is 48.3 Å². The van der Waals surface area contributed by atoms with Gasteiger partial charge < -0.3 is 10.2 Å². The van der Waals surface area contributed by atoms with Crippen molar-refractivity contribution in [1.82, 2.24) is 25.2 Å². The highest BCUT2D eigenvalue weighted by Gasteiger charge is 2.35. The summed E-state index contributed by atoms with van der Waals surface area (Å²) in [7, 11) is 0. The van der Waals surface area contributed by atoms with Crippen molar-refractivity contribution >= 4 is 5.91 Å². The molecule has 0 aliphatic carbocycles. The normalized spacial score (nSPS) is 24.1. The monoisotopic (exact) mass is 353 g/mol. The number of benzene rings is 1. The molecule has 3 heterocycles. The Morgan fingerprint density at radius 2 is 1.96 bits per heavy atom. The minimum Gasteiger partial charge on any atom is -0.334 e. The van der Waals surface area contributed by atoms with Crippen molar-refractivity contribution in [3.8, 4) is 0 Å². The average Bonchev–Trinajstić information content (AvgIpc) is 3.31. The zero-order valence-electron chi connectivity index (χ0n) is 15.3. The lowest BCUT2D eigenvalue weighted by atomic mass is 9.93. The standard InChI is InChI=1S/C20H27N5O/c1-15-17(13-16-5-3-2-4-6-16)9-12-24(15)20(26)19-14-25(23-22-19)18-7-10-21-11-8-18/h2-6,14-15,17-18,21H,7-13H2,1H3. The van der Waals surface area contributed by atoms with Gasteiger partial charge in [-0.15, -0.1) is 5.10 Å². The maximum Gasteiger partial charge on any atom is 0.276 e. The molecule has 0 bridgehead atoms. The molecule has 6 heteroatoms. The van der Waals surface area contributed by atoms with E-state index < -0.39 is 0 Å². The van der Waals surface area contributed by atoms with E-state index in [1.54, 1.807) is 0 Å². The Morgan fingerprint density at radius 1 is 1.19 bits per heavy atom. The lowest BCUT2D eigenvalue weighted by Crippen LogP contribution is -2.36. The van der Waals surface area contributed by atoms with Crippen LogP contribution in [0.3, 0.4) is 0 Å². The van der Waals surface area contributed by atoms with E-state index in [4.69, 9.17) is 0 Å². The molecule has 0 saturated carbocycles. The van der Waals surface area contributed by atoms with E-state index in [1.807, 2.05) is 21.8 Å². The first-order chi connectivity index (χ1) is 12.7. The number of nitrogens with zero attached hydrogens (tertiary/aromatic N) is 4. The van der Waals surface area contributed by atoms with Crippen LogP contribution < -0.4 is 5.32 Å². The van der Waals surface area contributed by atoms with Gasteiger partial charge in [-0.2, -0.15) is 0 Å². The number of nitrogens with one attached hydrogen (secondary N) is 1. The maximum absolute atomic E-state index is 12.9. The first-order valence-electron chi connectivity index (χ1n) is 9.70. The predicted molar refractivity (Wildman–Crippen MR) is 99.9 cm³/mol. The van der Waals surface area contributed by atoms with Gasteiger partial charge in [-0.05, 0) is 57.2 Å². The fourth-order valence-corrected chi connectivity index (χ4v) is 4.25. The highest BCUT2D eigenvalue weighted by Crippen LogP contribution is 2.28. The Morgan fingerprint density at radius 3 is 2.73 bits per heavy atom. The fourth-order valence-electron chi connectivity index (χ4n) is 4.25. The molecule has 2 fully saturated rings. The summed E-state index contributed by atoms with van der Waals surface area (Å²) in [5, 5.41) is 11.8. The van der Waals surface area contributed by atoms with Crippen LogP contribution in [0.4, 0.5) is 0 Å². The third kappa shape index (κ3) is 3.51. The van der Waals surface area contributed by atoms with Crippen molar-refractivity contribution in [1.29, 1.82) is 0 Å². The van der Waals surface area contributed by atoms with Crippen molar-refractivity contribution in [2.24, 2.45) is 5.92 Å². The molecule has 2 aliphatic heterocycles. The molecule has 2 aliphatic rings. The fraction of sp³-hybridized carbons (Fsp3) is 0.550. The van der Waals surface area contributed by atoms with Gasteiger partial charge in [0.25, 0.3) is 5.91 Å². The van der Waals surface area contributed by atoms with E-state index in [1.165, 1.54) is 5.56 Å². The Bertz CT molecular complexity index is 738. The van der Waals surface area contributed by atoms with Crippen LogP contribution in [0.25, 0.3) is 0 Å². The molecule has 2 aromatic rings. The van der Waals surface area contributed by atoms with Crippen molar-refractivity contribution in [2.45, 2.75) is 44.7 Å². The molecule has 2 unspecified atom stereocenters. The van der Waals surface area contributed by atoms with E-state index in [9.17, 15) is 4.79 Å². The minimum absolute atomic E-state index is 0.0215. The van der Waals surface area contributed by atoms with Crippen LogP contribution in [0, 0.1) is 5.92 Å². The summed E-state index contributed by atoms with van der Waals surface area (Å²) in [4.78, 5) is 14.9. The Hall–Kier alpha value is -2.21. The number of aromatic nitrogens is 3. The molecule has 2 saturated heterocycles. The first-order valence-corrected chi connectivity index (χ1v) is 9.70. The third-order valence-electron chi connectivity index (χ3n) is 5.93. The molecule has 138 valence electrons. The van der Waals surface area contributed by atoms with Gasteiger partial charge in [0, 0.05) is 12.6 Å². The van der Waals surface area contributed by atoms with Gasteiger partial charge in [0.15, 0.2) is 5.69 Å². The van der Waals surface area contributed by atoms with Crippen molar-refractivity contribution in [2.75, 3.05) is 19.6 Å². The zero-order chi connectivity index (χ0) is 17.9. The Kier molecular flexibility index (Phi) is 5.02. The summed E-state index contributed by atoms with van der Waals surface area (Å²) < 4.78 is 1.89. The van der Waals surface area contributed by atoms with Crippen molar-refractivity contribution < 1.29 is 4.79 Å². The smallest absolute Gasteiger partial charge is 0.276 e. The molecule has 1 aromatic carbocycles. The van der Waals surface area contributed by atoms with Gasteiger partial charge in [0.05, 0.1) is 12.2 Å². The Balaban J connectivity index is 1.41. The second-order valence-electron chi connectivity index (χ2n) is 7.54. The molecule has 26 heavy (non-hydrogen) atoms. The number of hydrogen-bond donors (Lipinski definition) is 1. The van der Waals surface area contributed by atoms with Gasteiger partial charge in [-0.3, -0.25) is 4.79 Å². The number of likely N-dealkylation sites (tertiary alicyclic amines) is 1. The van der Waals surface area contributed by atoms with Gasteiger partial charge in [-0.25, -0.2) is 4.68 Å². The van der Waals surface area contributed by atoms with Crippen LogP contribution >= 0.6 is 0 Å². The quantitative estimate of drug-likeness (QED) is 0.916. The number of carbonyl (C=O) groups is 1. The van der Waals surface area contributed by atoms with E-state index in [2.05, 4.69) is 46.8 Å². The Labute approximate surface area is 154 Å². The van der Waals surface area contributed by atoms with Gasteiger partial charge in [0.1, 0.15) is 0 Å². The second-order valence-corrected chi connectivity index (χ2v) is 7.54. The van der Waals surface area contributed by atoms with Crippen LogP contribution in [0.5, 0.6) is 0 Å². The molecule has 2 atom stereocenters.